The first kappa shape index (κ1) is 36.2. The molecule has 12 heteroatoms. The van der Waals surface area contributed by atoms with Crippen LogP contribution < -0.4 is 21.3 Å². The predicted molar refractivity (Wildman–Crippen MR) is 189 cm³/mol. The molecule has 2 heterocycles. The standard InChI is InChI=1S/C36H40N6O4S2/c1-25(43)41-31(23-27-11-5-3-6-12-27)33(45)37-21-17-29-15-9-19-39-35(29)47-48-36-30(16-10-20-40-36)18-22-38-34(46)32(42-26(2)44)24-28-13-7-4-8-14-28/h3-16,19-20,31-32H,17-18,21-24H2,1-2H3,(H,37,45)(H,38,46)(H,41,43)(H,42,44)/t31-,32-/m0/s1. The van der Waals surface area contributed by atoms with Gasteiger partial charge in [0.25, 0.3) is 0 Å². The van der Waals surface area contributed by atoms with Crippen LogP contribution in [0.25, 0.3) is 0 Å². The number of rotatable bonds is 17. The number of aromatic nitrogens is 2. The summed E-state index contributed by atoms with van der Waals surface area (Å²) in [6.45, 7) is 3.57. The molecule has 4 amide bonds. The number of hydrogen-bond acceptors (Lipinski definition) is 8. The molecule has 10 nitrogen and oxygen atoms in total. The molecule has 4 rings (SSSR count). The van der Waals surface area contributed by atoms with Crippen LogP contribution in [0.4, 0.5) is 0 Å². The zero-order chi connectivity index (χ0) is 34.1. The van der Waals surface area contributed by atoms with E-state index >= 15 is 0 Å². The molecule has 0 aliphatic heterocycles. The topological polar surface area (TPSA) is 142 Å². The van der Waals surface area contributed by atoms with Gasteiger partial charge in [-0.1, -0.05) is 72.8 Å². The van der Waals surface area contributed by atoms with E-state index in [0.717, 1.165) is 32.3 Å². The van der Waals surface area contributed by atoms with E-state index in [1.807, 2.05) is 84.9 Å². The van der Waals surface area contributed by atoms with E-state index in [-0.39, 0.29) is 23.6 Å². The van der Waals surface area contributed by atoms with Crippen LogP contribution in [-0.2, 0) is 44.9 Å². The van der Waals surface area contributed by atoms with E-state index < -0.39 is 12.1 Å². The molecule has 2 aromatic carbocycles. The van der Waals surface area contributed by atoms with Gasteiger partial charge < -0.3 is 21.3 Å². The van der Waals surface area contributed by atoms with Crippen molar-refractivity contribution in [1.82, 2.24) is 31.2 Å². The Morgan fingerprint density at radius 3 is 1.35 bits per heavy atom. The van der Waals surface area contributed by atoms with Crippen molar-refractivity contribution < 1.29 is 19.2 Å². The number of nitrogens with zero attached hydrogens (tertiary/aromatic N) is 2. The maximum Gasteiger partial charge on any atom is 0.242 e. The molecule has 0 saturated heterocycles. The van der Waals surface area contributed by atoms with Crippen molar-refractivity contribution in [3.05, 3.63) is 120 Å². The number of pyridine rings is 2. The van der Waals surface area contributed by atoms with Crippen LogP contribution in [-0.4, -0.2) is 58.8 Å². The van der Waals surface area contributed by atoms with Crippen LogP contribution >= 0.6 is 21.6 Å². The van der Waals surface area contributed by atoms with Gasteiger partial charge in [-0.3, -0.25) is 19.2 Å². The summed E-state index contributed by atoms with van der Waals surface area (Å²) in [5.41, 5.74) is 3.87. The highest BCUT2D eigenvalue weighted by molar-refractivity contribution is 8.76. The van der Waals surface area contributed by atoms with Crippen molar-refractivity contribution in [3.8, 4) is 0 Å². The number of nitrogens with one attached hydrogen (secondary N) is 4. The second kappa shape index (κ2) is 19.2. The second-order valence-electron chi connectivity index (χ2n) is 11.1. The molecule has 2 aromatic heterocycles. The summed E-state index contributed by atoms with van der Waals surface area (Å²) >= 11 is 0. The second-order valence-corrected chi connectivity index (χ2v) is 13.2. The molecular formula is C36H40N6O4S2. The van der Waals surface area contributed by atoms with Crippen molar-refractivity contribution in [3.63, 3.8) is 0 Å². The molecule has 0 saturated carbocycles. The molecule has 0 bridgehead atoms. The van der Waals surface area contributed by atoms with E-state index in [9.17, 15) is 19.2 Å². The Morgan fingerprint density at radius 1 is 0.583 bits per heavy atom. The lowest BCUT2D eigenvalue weighted by Gasteiger charge is -2.18. The number of hydrogen-bond donors (Lipinski definition) is 4. The lowest BCUT2D eigenvalue weighted by atomic mass is 10.1. The van der Waals surface area contributed by atoms with Gasteiger partial charge >= 0.3 is 0 Å². The van der Waals surface area contributed by atoms with E-state index in [0.29, 0.717) is 38.8 Å². The Kier molecular flexibility index (Phi) is 14.5. The number of carbonyl (C=O) groups excluding carboxylic acids is 4. The minimum absolute atomic E-state index is 0.241. The summed E-state index contributed by atoms with van der Waals surface area (Å²) in [5, 5.41) is 13.1. The van der Waals surface area contributed by atoms with Gasteiger partial charge in [0.05, 0.1) is 0 Å². The van der Waals surface area contributed by atoms with Gasteiger partial charge in [0, 0.05) is 52.2 Å². The first-order valence-corrected chi connectivity index (χ1v) is 17.8. The highest BCUT2D eigenvalue weighted by atomic mass is 33.1. The Balaban J connectivity index is 1.30. The molecule has 0 spiro atoms. The summed E-state index contributed by atoms with van der Waals surface area (Å²) in [6, 6.07) is 25.5. The highest BCUT2D eigenvalue weighted by Gasteiger charge is 2.21. The van der Waals surface area contributed by atoms with Crippen LogP contribution in [0.2, 0.25) is 0 Å². The molecule has 48 heavy (non-hydrogen) atoms. The summed E-state index contributed by atoms with van der Waals surface area (Å²) in [6.07, 6.45) is 5.37. The largest absolute Gasteiger partial charge is 0.354 e. The van der Waals surface area contributed by atoms with Gasteiger partial charge in [0.15, 0.2) is 0 Å². The summed E-state index contributed by atoms with van der Waals surface area (Å²) in [5.74, 6) is -1.00. The first-order valence-electron chi connectivity index (χ1n) is 15.7. The van der Waals surface area contributed by atoms with Crippen LogP contribution in [0, 0.1) is 0 Å². The van der Waals surface area contributed by atoms with Crippen molar-refractivity contribution >= 4 is 45.2 Å². The third-order valence-corrected chi connectivity index (χ3v) is 9.57. The summed E-state index contributed by atoms with van der Waals surface area (Å²) in [7, 11) is 2.96. The lowest BCUT2D eigenvalue weighted by molar-refractivity contribution is -0.128. The van der Waals surface area contributed by atoms with Gasteiger partial charge in [0.2, 0.25) is 23.6 Å². The minimum atomic E-state index is -0.671. The molecule has 0 aliphatic rings. The Morgan fingerprint density at radius 2 is 0.979 bits per heavy atom. The summed E-state index contributed by atoms with van der Waals surface area (Å²) < 4.78 is 0. The zero-order valence-corrected chi connectivity index (χ0v) is 28.6. The molecule has 2 atom stereocenters. The monoisotopic (exact) mass is 684 g/mol. The molecule has 0 radical (unpaired) electrons. The molecular weight excluding hydrogens is 645 g/mol. The molecule has 0 unspecified atom stereocenters. The minimum Gasteiger partial charge on any atom is -0.354 e. The fourth-order valence-electron chi connectivity index (χ4n) is 4.95. The van der Waals surface area contributed by atoms with Gasteiger partial charge in [-0.25, -0.2) is 9.97 Å². The third kappa shape index (κ3) is 12.2. The third-order valence-electron chi connectivity index (χ3n) is 7.24. The van der Waals surface area contributed by atoms with Crippen LogP contribution in [0.5, 0.6) is 0 Å². The normalized spacial score (nSPS) is 12.0. The SMILES string of the molecule is CC(=O)N[C@@H](Cc1ccccc1)C(=O)NCCc1cccnc1SSc1ncccc1CCNC(=O)[C@H](Cc1ccccc1)NC(C)=O. The molecule has 0 aliphatic carbocycles. The van der Waals surface area contributed by atoms with Crippen molar-refractivity contribution in [2.45, 2.75) is 61.7 Å². The van der Waals surface area contributed by atoms with E-state index in [4.69, 9.17) is 0 Å². The van der Waals surface area contributed by atoms with E-state index in [2.05, 4.69) is 31.2 Å². The molecule has 4 N–H and O–H groups in total. The van der Waals surface area contributed by atoms with Gasteiger partial charge in [-0.2, -0.15) is 0 Å². The average molecular weight is 685 g/mol. The van der Waals surface area contributed by atoms with Crippen molar-refractivity contribution in [1.29, 1.82) is 0 Å². The Labute approximate surface area is 289 Å². The van der Waals surface area contributed by atoms with Crippen molar-refractivity contribution in [2.24, 2.45) is 0 Å². The van der Waals surface area contributed by atoms with Crippen molar-refractivity contribution in [2.75, 3.05) is 13.1 Å². The number of amides is 4. The van der Waals surface area contributed by atoms with E-state index in [1.165, 1.54) is 35.4 Å². The summed E-state index contributed by atoms with van der Waals surface area (Å²) in [4.78, 5) is 58.7. The quantitative estimate of drug-likeness (QED) is 0.122. The maximum atomic E-state index is 13.0. The van der Waals surface area contributed by atoms with Crippen LogP contribution in [0.15, 0.2) is 107 Å². The van der Waals surface area contributed by atoms with E-state index in [1.54, 1.807) is 12.4 Å². The smallest absolute Gasteiger partial charge is 0.242 e. The fourth-order valence-corrected chi connectivity index (χ4v) is 7.25. The van der Waals surface area contributed by atoms with Gasteiger partial charge in [-0.15, -0.1) is 0 Å². The Hall–Kier alpha value is -4.68. The first-order chi connectivity index (χ1) is 23.3. The highest BCUT2D eigenvalue weighted by Crippen LogP contribution is 2.38. The lowest BCUT2D eigenvalue weighted by Crippen LogP contribution is -2.47. The van der Waals surface area contributed by atoms with Gasteiger partial charge in [-0.05, 0) is 68.8 Å². The van der Waals surface area contributed by atoms with Crippen LogP contribution in [0.1, 0.15) is 36.1 Å². The predicted octanol–water partition coefficient (Wildman–Crippen LogP) is 4.09. The number of carbonyl (C=O) groups is 4. The Bertz CT molecular complexity index is 1540. The average Bonchev–Trinajstić information content (AvgIpc) is 3.08. The molecule has 0 fully saturated rings. The fraction of sp³-hybridized carbons (Fsp3) is 0.278. The van der Waals surface area contributed by atoms with Gasteiger partial charge in [0.1, 0.15) is 22.1 Å². The molecule has 4 aromatic rings. The maximum absolute atomic E-state index is 13.0. The van der Waals surface area contributed by atoms with Crippen LogP contribution in [0.3, 0.4) is 0 Å². The zero-order valence-electron chi connectivity index (χ0n) is 27.0. The molecule has 250 valence electrons. The number of benzene rings is 2.